The van der Waals surface area contributed by atoms with Crippen LogP contribution in [-0.2, 0) is 14.8 Å². The van der Waals surface area contributed by atoms with Crippen molar-refractivity contribution < 1.29 is 17.9 Å². The SMILES string of the molecule is Cc1ccc(OCC(C)NC(=O)CN(c2cc(Cl)cc(Cl)c2)S(C)(=O)=O)cc1. The molecule has 0 heterocycles. The molecule has 6 nitrogen and oxygen atoms in total. The number of halogens is 2. The van der Waals surface area contributed by atoms with Crippen molar-refractivity contribution in [2.24, 2.45) is 0 Å². The standard InChI is InChI=1S/C19H22Cl2N2O4S/c1-13-4-6-18(7-5-13)27-12-14(2)22-19(24)11-23(28(3,25)26)17-9-15(20)8-16(21)10-17/h4-10,14H,11-12H2,1-3H3,(H,22,24). The fourth-order valence-corrected chi connectivity index (χ4v) is 3.79. The van der Waals surface area contributed by atoms with Gasteiger partial charge in [0.25, 0.3) is 0 Å². The minimum absolute atomic E-state index is 0.221. The van der Waals surface area contributed by atoms with Gasteiger partial charge in [0.1, 0.15) is 18.9 Å². The molecule has 0 saturated carbocycles. The van der Waals surface area contributed by atoms with E-state index in [1.807, 2.05) is 31.2 Å². The van der Waals surface area contributed by atoms with E-state index >= 15 is 0 Å². The van der Waals surface area contributed by atoms with Crippen molar-refractivity contribution in [2.45, 2.75) is 19.9 Å². The number of hydrogen-bond donors (Lipinski definition) is 1. The third-order valence-electron chi connectivity index (χ3n) is 3.75. The van der Waals surface area contributed by atoms with Crippen LogP contribution in [0.1, 0.15) is 12.5 Å². The third-order valence-corrected chi connectivity index (χ3v) is 5.33. The van der Waals surface area contributed by atoms with Crippen molar-refractivity contribution >= 4 is 44.8 Å². The highest BCUT2D eigenvalue weighted by Gasteiger charge is 2.22. The van der Waals surface area contributed by atoms with Crippen LogP contribution in [0.3, 0.4) is 0 Å². The number of nitrogens with one attached hydrogen (secondary N) is 1. The molecule has 0 saturated heterocycles. The van der Waals surface area contributed by atoms with E-state index in [2.05, 4.69) is 5.32 Å². The number of anilines is 1. The van der Waals surface area contributed by atoms with Crippen LogP contribution in [0.25, 0.3) is 0 Å². The number of amides is 1. The van der Waals surface area contributed by atoms with E-state index in [9.17, 15) is 13.2 Å². The number of nitrogens with zero attached hydrogens (tertiary/aromatic N) is 1. The monoisotopic (exact) mass is 444 g/mol. The molecule has 1 N–H and O–H groups in total. The Morgan fingerprint density at radius 2 is 1.71 bits per heavy atom. The van der Waals surface area contributed by atoms with Crippen molar-refractivity contribution in [3.05, 3.63) is 58.1 Å². The molecule has 0 aliphatic heterocycles. The zero-order valence-corrected chi connectivity index (χ0v) is 18.1. The average Bonchev–Trinajstić information content (AvgIpc) is 2.57. The summed E-state index contributed by atoms with van der Waals surface area (Å²) in [5, 5.41) is 3.28. The topological polar surface area (TPSA) is 75.7 Å². The van der Waals surface area contributed by atoms with E-state index in [1.54, 1.807) is 6.92 Å². The second-order valence-corrected chi connectivity index (χ2v) is 9.27. The molecule has 0 radical (unpaired) electrons. The summed E-state index contributed by atoms with van der Waals surface area (Å²) >= 11 is 11.9. The van der Waals surface area contributed by atoms with E-state index < -0.39 is 22.5 Å². The van der Waals surface area contributed by atoms with Crippen LogP contribution in [0.2, 0.25) is 10.0 Å². The highest BCUT2D eigenvalue weighted by atomic mass is 35.5. The molecule has 0 spiro atoms. The highest BCUT2D eigenvalue weighted by molar-refractivity contribution is 7.92. The number of sulfonamides is 1. The minimum atomic E-state index is -3.72. The summed E-state index contributed by atoms with van der Waals surface area (Å²) in [5.41, 5.74) is 1.34. The lowest BCUT2D eigenvalue weighted by Crippen LogP contribution is -2.44. The van der Waals surface area contributed by atoms with Gasteiger partial charge in [-0.05, 0) is 44.2 Å². The Hall–Kier alpha value is -1.96. The summed E-state index contributed by atoms with van der Waals surface area (Å²) in [5.74, 6) is 0.222. The van der Waals surface area contributed by atoms with Gasteiger partial charge in [0.05, 0.1) is 18.0 Å². The summed E-state index contributed by atoms with van der Waals surface area (Å²) in [4.78, 5) is 12.4. The van der Waals surface area contributed by atoms with Gasteiger partial charge in [0, 0.05) is 10.0 Å². The Morgan fingerprint density at radius 3 is 2.25 bits per heavy atom. The second-order valence-electron chi connectivity index (χ2n) is 6.49. The van der Waals surface area contributed by atoms with Gasteiger partial charge in [-0.2, -0.15) is 0 Å². The van der Waals surface area contributed by atoms with Crippen LogP contribution in [0.15, 0.2) is 42.5 Å². The fraction of sp³-hybridized carbons (Fsp3) is 0.316. The smallest absolute Gasteiger partial charge is 0.241 e. The van der Waals surface area contributed by atoms with Crippen LogP contribution in [0, 0.1) is 6.92 Å². The third kappa shape index (κ3) is 6.89. The predicted octanol–water partition coefficient (Wildman–Crippen LogP) is 3.65. The number of ether oxygens (including phenoxy) is 1. The lowest BCUT2D eigenvalue weighted by Gasteiger charge is -2.23. The summed E-state index contributed by atoms with van der Waals surface area (Å²) < 4.78 is 30.9. The molecule has 9 heteroatoms. The molecule has 1 amide bonds. The molecule has 1 atom stereocenters. The first-order valence-electron chi connectivity index (χ1n) is 8.47. The number of hydrogen-bond acceptors (Lipinski definition) is 4. The molecule has 152 valence electrons. The van der Waals surface area contributed by atoms with Gasteiger partial charge in [-0.3, -0.25) is 9.10 Å². The molecule has 0 aromatic heterocycles. The number of aryl methyl sites for hydroxylation is 1. The molecule has 2 aromatic rings. The molecule has 0 aliphatic rings. The maximum atomic E-state index is 12.4. The minimum Gasteiger partial charge on any atom is -0.491 e. The average molecular weight is 445 g/mol. The number of carbonyl (C=O) groups is 1. The van der Waals surface area contributed by atoms with Crippen molar-refractivity contribution in [2.75, 3.05) is 23.7 Å². The first-order valence-corrected chi connectivity index (χ1v) is 11.1. The normalized spacial score (nSPS) is 12.3. The summed E-state index contributed by atoms with van der Waals surface area (Å²) in [7, 11) is -3.72. The van der Waals surface area contributed by atoms with Gasteiger partial charge < -0.3 is 10.1 Å². The van der Waals surface area contributed by atoms with E-state index in [-0.39, 0.29) is 28.4 Å². The van der Waals surface area contributed by atoms with Gasteiger partial charge in [-0.25, -0.2) is 8.42 Å². The Labute approximate surface area is 175 Å². The van der Waals surface area contributed by atoms with Crippen molar-refractivity contribution in [3.63, 3.8) is 0 Å². The van der Waals surface area contributed by atoms with Crippen LogP contribution < -0.4 is 14.4 Å². The summed E-state index contributed by atoms with van der Waals surface area (Å²) in [6.45, 7) is 3.60. The molecular weight excluding hydrogens is 423 g/mol. The maximum absolute atomic E-state index is 12.4. The maximum Gasteiger partial charge on any atom is 0.241 e. The Kier molecular flexibility index (Phi) is 7.57. The zero-order chi connectivity index (χ0) is 20.9. The number of rotatable bonds is 8. The molecule has 2 aromatic carbocycles. The molecule has 0 fully saturated rings. The van der Waals surface area contributed by atoms with E-state index in [1.165, 1.54) is 18.2 Å². The van der Waals surface area contributed by atoms with Crippen LogP contribution in [0.5, 0.6) is 5.75 Å². The Bertz CT molecular complexity index is 913. The van der Waals surface area contributed by atoms with Gasteiger partial charge >= 0.3 is 0 Å². The summed E-state index contributed by atoms with van der Waals surface area (Å²) in [6, 6.07) is 11.6. The summed E-state index contributed by atoms with van der Waals surface area (Å²) in [6.07, 6.45) is 1.01. The Morgan fingerprint density at radius 1 is 1.14 bits per heavy atom. The van der Waals surface area contributed by atoms with Crippen molar-refractivity contribution in [3.8, 4) is 5.75 Å². The predicted molar refractivity (Wildman–Crippen MR) is 113 cm³/mol. The molecule has 0 aliphatic carbocycles. The highest BCUT2D eigenvalue weighted by Crippen LogP contribution is 2.26. The van der Waals surface area contributed by atoms with Gasteiger partial charge in [0.15, 0.2) is 0 Å². The largest absolute Gasteiger partial charge is 0.491 e. The fourth-order valence-electron chi connectivity index (χ4n) is 2.43. The molecule has 2 rings (SSSR count). The van der Waals surface area contributed by atoms with Gasteiger partial charge in [-0.15, -0.1) is 0 Å². The number of carbonyl (C=O) groups excluding carboxylic acids is 1. The van der Waals surface area contributed by atoms with E-state index in [0.29, 0.717) is 5.75 Å². The second kappa shape index (κ2) is 9.49. The van der Waals surface area contributed by atoms with Gasteiger partial charge in [-0.1, -0.05) is 40.9 Å². The molecule has 1 unspecified atom stereocenters. The molecule has 28 heavy (non-hydrogen) atoms. The van der Waals surface area contributed by atoms with Crippen LogP contribution in [0.4, 0.5) is 5.69 Å². The lowest BCUT2D eigenvalue weighted by atomic mass is 10.2. The van der Waals surface area contributed by atoms with Crippen molar-refractivity contribution in [1.82, 2.24) is 5.32 Å². The van der Waals surface area contributed by atoms with Gasteiger partial charge in [0.2, 0.25) is 15.9 Å². The quantitative estimate of drug-likeness (QED) is 0.673. The molecule has 0 bridgehead atoms. The van der Waals surface area contributed by atoms with Crippen LogP contribution >= 0.6 is 23.2 Å². The first-order chi connectivity index (χ1) is 13.0. The van der Waals surface area contributed by atoms with Crippen LogP contribution in [-0.4, -0.2) is 39.8 Å². The number of benzene rings is 2. The lowest BCUT2D eigenvalue weighted by molar-refractivity contribution is -0.120. The van der Waals surface area contributed by atoms with E-state index in [4.69, 9.17) is 27.9 Å². The molecular formula is C19H22Cl2N2O4S. The van der Waals surface area contributed by atoms with E-state index in [0.717, 1.165) is 16.1 Å². The first kappa shape index (κ1) is 22.3. The van der Waals surface area contributed by atoms with Crippen molar-refractivity contribution in [1.29, 1.82) is 0 Å². The Balaban J connectivity index is 2.00. The zero-order valence-electron chi connectivity index (χ0n) is 15.8.